The van der Waals surface area contributed by atoms with Crippen LogP contribution in [0, 0.1) is 29.1 Å². The van der Waals surface area contributed by atoms with Crippen molar-refractivity contribution in [2.75, 3.05) is 12.4 Å². The fourth-order valence-corrected chi connectivity index (χ4v) is 4.10. The SMILES string of the molecule is COc1cnc(C(F)F)cc1-c1cc(-c2ccnc(C#N)c2)ncc1C(=O)Nc1nnc(C#CC2CC2)s1. The maximum Gasteiger partial charge on any atom is 0.280 e. The Morgan fingerprint density at radius 1 is 1.16 bits per heavy atom. The van der Waals surface area contributed by atoms with Crippen molar-refractivity contribution in [3.05, 3.63) is 64.8 Å². The van der Waals surface area contributed by atoms with Crippen LogP contribution in [-0.4, -0.2) is 38.2 Å². The summed E-state index contributed by atoms with van der Waals surface area (Å²) in [6.07, 6.45) is 3.26. The number of carbonyl (C=O) groups excluding carboxylic acids is 1. The number of nitrogens with zero attached hydrogens (tertiary/aromatic N) is 6. The minimum Gasteiger partial charge on any atom is -0.494 e. The van der Waals surface area contributed by atoms with Gasteiger partial charge in [0.15, 0.2) is 5.01 Å². The highest BCUT2D eigenvalue weighted by atomic mass is 32.1. The van der Waals surface area contributed by atoms with Crippen LogP contribution in [0.15, 0.2) is 42.9 Å². The number of nitrogens with one attached hydrogen (secondary N) is 1. The molecule has 1 aliphatic rings. The minimum absolute atomic E-state index is 0.0776. The van der Waals surface area contributed by atoms with Gasteiger partial charge < -0.3 is 4.74 Å². The predicted molar refractivity (Wildman–Crippen MR) is 134 cm³/mol. The highest BCUT2D eigenvalue weighted by molar-refractivity contribution is 7.15. The molecule has 0 saturated heterocycles. The van der Waals surface area contributed by atoms with Gasteiger partial charge in [-0.15, -0.1) is 10.2 Å². The summed E-state index contributed by atoms with van der Waals surface area (Å²) in [5.74, 6) is 6.03. The lowest BCUT2D eigenvalue weighted by molar-refractivity contribution is 0.102. The molecule has 0 aromatic carbocycles. The van der Waals surface area contributed by atoms with Gasteiger partial charge in [-0.3, -0.25) is 20.1 Å². The molecule has 0 bridgehead atoms. The van der Waals surface area contributed by atoms with E-state index in [0.717, 1.165) is 24.2 Å². The average Bonchev–Trinajstić information content (AvgIpc) is 3.68. The first-order valence-electron chi connectivity index (χ1n) is 11.3. The molecular weight excluding hydrogens is 512 g/mol. The summed E-state index contributed by atoms with van der Waals surface area (Å²) >= 11 is 1.13. The Labute approximate surface area is 219 Å². The van der Waals surface area contributed by atoms with E-state index < -0.39 is 18.0 Å². The normalized spacial score (nSPS) is 12.4. The van der Waals surface area contributed by atoms with E-state index in [0.29, 0.717) is 22.2 Å². The van der Waals surface area contributed by atoms with Crippen molar-refractivity contribution in [1.29, 1.82) is 5.26 Å². The zero-order valence-corrected chi connectivity index (χ0v) is 20.6. The van der Waals surface area contributed by atoms with Gasteiger partial charge in [0.1, 0.15) is 23.2 Å². The van der Waals surface area contributed by atoms with Crippen LogP contribution in [0.4, 0.5) is 13.9 Å². The fraction of sp³-hybridized carbons (Fsp3) is 0.192. The Hall–Kier alpha value is -4.81. The lowest BCUT2D eigenvalue weighted by atomic mass is 9.97. The molecule has 1 saturated carbocycles. The molecule has 0 radical (unpaired) electrons. The molecule has 1 N–H and O–H groups in total. The number of aromatic nitrogens is 5. The summed E-state index contributed by atoms with van der Waals surface area (Å²) in [5.41, 5.74) is 1.19. The van der Waals surface area contributed by atoms with Crippen molar-refractivity contribution in [2.24, 2.45) is 5.92 Å². The molecule has 4 aromatic rings. The summed E-state index contributed by atoms with van der Waals surface area (Å²) in [5, 5.41) is 20.6. The molecular formula is C26H17F2N7O2S. The van der Waals surface area contributed by atoms with Crippen LogP contribution >= 0.6 is 11.3 Å². The lowest BCUT2D eigenvalue weighted by Gasteiger charge is -2.15. The standard InChI is InChI=1S/C26H17F2N7O2S/c1-37-22-13-32-21(24(27)28)10-18(22)17-9-20(15-6-7-30-16(8-15)11-29)31-12-19(17)25(36)33-26-35-34-23(38-26)5-4-14-2-3-14/h6-10,12-14,24H,2-3H2,1H3,(H,33,35,36). The molecule has 4 heterocycles. The monoisotopic (exact) mass is 529 g/mol. The number of rotatable bonds is 6. The van der Waals surface area contributed by atoms with E-state index in [1.54, 1.807) is 12.1 Å². The van der Waals surface area contributed by atoms with Crippen molar-refractivity contribution in [2.45, 2.75) is 19.3 Å². The number of ether oxygens (including phenoxy) is 1. The highest BCUT2D eigenvalue weighted by Crippen LogP contribution is 2.36. The van der Waals surface area contributed by atoms with E-state index in [4.69, 9.17) is 4.74 Å². The molecule has 5 rings (SSSR count). The summed E-state index contributed by atoms with van der Waals surface area (Å²) in [6.45, 7) is 0. The lowest BCUT2D eigenvalue weighted by Crippen LogP contribution is -2.14. The zero-order valence-electron chi connectivity index (χ0n) is 19.8. The highest BCUT2D eigenvalue weighted by Gasteiger charge is 2.22. The summed E-state index contributed by atoms with van der Waals surface area (Å²) in [6, 6.07) is 7.87. The van der Waals surface area contributed by atoms with Crippen molar-refractivity contribution in [3.8, 4) is 46.0 Å². The molecule has 1 aliphatic carbocycles. The molecule has 9 nitrogen and oxygen atoms in total. The number of amides is 1. The molecule has 1 fully saturated rings. The first-order valence-corrected chi connectivity index (χ1v) is 12.1. The number of halogens is 2. The summed E-state index contributed by atoms with van der Waals surface area (Å²) in [7, 11) is 1.37. The van der Waals surface area contributed by atoms with Gasteiger partial charge in [-0.05, 0) is 43.0 Å². The average molecular weight is 530 g/mol. The quantitative estimate of drug-likeness (QED) is 0.350. The number of hydrogen-bond donors (Lipinski definition) is 1. The van der Waals surface area contributed by atoms with E-state index in [-0.39, 0.29) is 33.3 Å². The minimum atomic E-state index is -2.84. The number of anilines is 1. The predicted octanol–water partition coefficient (Wildman–Crippen LogP) is 4.89. The Balaban J connectivity index is 1.57. The van der Waals surface area contributed by atoms with Crippen molar-refractivity contribution < 1.29 is 18.3 Å². The molecule has 0 aliphatic heterocycles. The summed E-state index contributed by atoms with van der Waals surface area (Å²) in [4.78, 5) is 25.5. The molecule has 38 heavy (non-hydrogen) atoms. The van der Waals surface area contributed by atoms with Crippen LogP contribution in [0.1, 0.15) is 46.0 Å². The maximum absolute atomic E-state index is 13.5. The van der Waals surface area contributed by atoms with Gasteiger partial charge in [0.2, 0.25) is 5.13 Å². The van der Waals surface area contributed by atoms with Crippen LogP contribution in [0.2, 0.25) is 0 Å². The van der Waals surface area contributed by atoms with Crippen molar-refractivity contribution in [1.82, 2.24) is 25.1 Å². The van der Waals surface area contributed by atoms with E-state index in [9.17, 15) is 18.8 Å². The Bertz CT molecular complexity index is 1630. The van der Waals surface area contributed by atoms with Crippen LogP contribution in [0.25, 0.3) is 22.4 Å². The summed E-state index contributed by atoms with van der Waals surface area (Å²) < 4.78 is 32.4. The molecule has 0 atom stereocenters. The molecule has 12 heteroatoms. The number of pyridine rings is 3. The van der Waals surface area contributed by atoms with Crippen LogP contribution in [0.5, 0.6) is 5.75 Å². The van der Waals surface area contributed by atoms with Gasteiger partial charge in [-0.25, -0.2) is 13.8 Å². The third-order valence-corrected chi connectivity index (χ3v) is 6.30. The Morgan fingerprint density at radius 2 is 2.00 bits per heavy atom. The second-order valence-corrected chi connectivity index (χ2v) is 9.15. The Morgan fingerprint density at radius 3 is 2.74 bits per heavy atom. The number of methoxy groups -OCH3 is 1. The largest absolute Gasteiger partial charge is 0.494 e. The van der Waals surface area contributed by atoms with Gasteiger partial charge in [0.25, 0.3) is 12.3 Å². The smallest absolute Gasteiger partial charge is 0.280 e. The number of carbonyl (C=O) groups is 1. The van der Waals surface area contributed by atoms with E-state index in [1.165, 1.54) is 37.8 Å². The molecule has 4 aromatic heterocycles. The Kier molecular flexibility index (Phi) is 6.98. The number of nitriles is 1. The number of hydrogen-bond acceptors (Lipinski definition) is 9. The van der Waals surface area contributed by atoms with Gasteiger partial charge in [-0.2, -0.15) is 5.26 Å². The third-order valence-electron chi connectivity index (χ3n) is 5.55. The van der Waals surface area contributed by atoms with Crippen LogP contribution in [0.3, 0.4) is 0 Å². The second-order valence-electron chi connectivity index (χ2n) is 8.18. The van der Waals surface area contributed by atoms with Gasteiger partial charge in [0, 0.05) is 35.0 Å². The first-order chi connectivity index (χ1) is 18.4. The first kappa shape index (κ1) is 24.9. The van der Waals surface area contributed by atoms with E-state index in [1.807, 2.05) is 6.07 Å². The van der Waals surface area contributed by atoms with Crippen molar-refractivity contribution >= 4 is 22.4 Å². The zero-order chi connectivity index (χ0) is 26.6. The molecule has 188 valence electrons. The molecule has 0 spiro atoms. The fourth-order valence-electron chi connectivity index (χ4n) is 3.50. The van der Waals surface area contributed by atoms with Crippen LogP contribution in [-0.2, 0) is 0 Å². The number of alkyl halides is 2. The second kappa shape index (κ2) is 10.7. The molecule has 1 amide bonds. The van der Waals surface area contributed by atoms with Crippen LogP contribution < -0.4 is 10.1 Å². The van der Waals surface area contributed by atoms with Gasteiger partial charge >= 0.3 is 0 Å². The van der Waals surface area contributed by atoms with E-state index >= 15 is 0 Å². The maximum atomic E-state index is 13.5. The topological polar surface area (TPSA) is 127 Å². The van der Waals surface area contributed by atoms with E-state index in [2.05, 4.69) is 42.3 Å². The van der Waals surface area contributed by atoms with Gasteiger partial charge in [-0.1, -0.05) is 17.3 Å². The van der Waals surface area contributed by atoms with Gasteiger partial charge in [0.05, 0.1) is 24.6 Å². The third kappa shape index (κ3) is 5.45. The van der Waals surface area contributed by atoms with Crippen molar-refractivity contribution in [3.63, 3.8) is 0 Å². The molecule has 0 unspecified atom stereocenters.